The highest BCUT2D eigenvalue weighted by molar-refractivity contribution is 6.31. The smallest absolute Gasteiger partial charge is 0.123 e. The zero-order valence-electron chi connectivity index (χ0n) is 7.54. The predicted octanol–water partition coefficient (Wildman–Crippen LogP) is 3.48. The maximum atomic E-state index is 12.8. The fraction of sp³-hybridized carbons (Fsp3) is 0.200. The maximum Gasteiger partial charge on any atom is 0.123 e. The van der Waals surface area contributed by atoms with Gasteiger partial charge in [-0.3, -0.25) is 0 Å². The standard InChI is InChI=1S/C10H11ClFN.ClH/c1-2-3-10(13)8-6-7(12)4-5-9(8)11;/h2,4-6,10H,1,3,13H2;1H/t10-;/m1./s1. The van der Waals surface area contributed by atoms with E-state index in [2.05, 4.69) is 6.58 Å². The average molecular weight is 236 g/mol. The van der Waals surface area contributed by atoms with Crippen molar-refractivity contribution in [1.82, 2.24) is 0 Å². The monoisotopic (exact) mass is 235 g/mol. The summed E-state index contributed by atoms with van der Waals surface area (Å²) in [6.07, 6.45) is 2.27. The van der Waals surface area contributed by atoms with Crippen molar-refractivity contribution in [2.45, 2.75) is 12.5 Å². The number of benzene rings is 1. The van der Waals surface area contributed by atoms with Crippen molar-refractivity contribution in [2.75, 3.05) is 0 Å². The quantitative estimate of drug-likeness (QED) is 0.799. The van der Waals surface area contributed by atoms with Crippen LogP contribution in [0.25, 0.3) is 0 Å². The molecule has 1 aromatic rings. The van der Waals surface area contributed by atoms with E-state index in [9.17, 15) is 4.39 Å². The van der Waals surface area contributed by atoms with Gasteiger partial charge >= 0.3 is 0 Å². The third-order valence-electron chi connectivity index (χ3n) is 1.78. The minimum atomic E-state index is -0.320. The van der Waals surface area contributed by atoms with Crippen LogP contribution in [0.3, 0.4) is 0 Å². The molecule has 0 unspecified atom stereocenters. The topological polar surface area (TPSA) is 26.0 Å². The molecule has 0 amide bonds. The summed E-state index contributed by atoms with van der Waals surface area (Å²) in [5, 5.41) is 0.496. The van der Waals surface area contributed by atoms with Gasteiger partial charge in [-0.2, -0.15) is 0 Å². The molecule has 0 spiro atoms. The van der Waals surface area contributed by atoms with Crippen LogP contribution in [0.2, 0.25) is 5.02 Å². The van der Waals surface area contributed by atoms with Crippen LogP contribution in [0.5, 0.6) is 0 Å². The van der Waals surface area contributed by atoms with Crippen LogP contribution in [0.15, 0.2) is 30.9 Å². The first-order valence-corrected chi connectivity index (χ1v) is 4.34. The van der Waals surface area contributed by atoms with Crippen LogP contribution >= 0.6 is 24.0 Å². The van der Waals surface area contributed by atoms with E-state index in [1.54, 1.807) is 6.08 Å². The molecular formula is C10H12Cl2FN. The van der Waals surface area contributed by atoms with Gasteiger partial charge in [0.25, 0.3) is 0 Å². The van der Waals surface area contributed by atoms with Crippen LogP contribution in [0.4, 0.5) is 4.39 Å². The van der Waals surface area contributed by atoms with Crippen molar-refractivity contribution in [3.8, 4) is 0 Å². The molecule has 0 aliphatic rings. The molecule has 14 heavy (non-hydrogen) atoms. The highest BCUT2D eigenvalue weighted by Crippen LogP contribution is 2.24. The van der Waals surface area contributed by atoms with Gasteiger partial charge in [-0.25, -0.2) is 4.39 Å². The summed E-state index contributed by atoms with van der Waals surface area (Å²) in [5.74, 6) is -0.320. The van der Waals surface area contributed by atoms with Gasteiger partial charge in [-0.05, 0) is 30.2 Å². The van der Waals surface area contributed by atoms with Crippen molar-refractivity contribution < 1.29 is 4.39 Å². The molecular weight excluding hydrogens is 224 g/mol. The minimum absolute atomic E-state index is 0. The molecule has 0 radical (unpaired) electrons. The van der Waals surface area contributed by atoms with E-state index < -0.39 is 0 Å². The Labute approximate surface area is 94.2 Å². The van der Waals surface area contributed by atoms with Gasteiger partial charge in [0.1, 0.15) is 5.82 Å². The highest BCUT2D eigenvalue weighted by atomic mass is 35.5. The zero-order chi connectivity index (χ0) is 9.84. The predicted molar refractivity (Wildman–Crippen MR) is 60.4 cm³/mol. The molecule has 1 nitrogen and oxygen atoms in total. The van der Waals surface area contributed by atoms with E-state index in [4.69, 9.17) is 17.3 Å². The van der Waals surface area contributed by atoms with E-state index in [1.165, 1.54) is 18.2 Å². The van der Waals surface area contributed by atoms with Gasteiger partial charge in [0.05, 0.1) is 0 Å². The van der Waals surface area contributed by atoms with Crippen LogP contribution in [-0.2, 0) is 0 Å². The molecule has 0 aliphatic heterocycles. The Morgan fingerprint density at radius 2 is 2.21 bits per heavy atom. The van der Waals surface area contributed by atoms with E-state index in [1.807, 2.05) is 0 Å². The molecule has 78 valence electrons. The van der Waals surface area contributed by atoms with Crippen LogP contribution in [0.1, 0.15) is 18.0 Å². The van der Waals surface area contributed by atoms with Gasteiger partial charge in [0.2, 0.25) is 0 Å². The number of hydrogen-bond acceptors (Lipinski definition) is 1. The minimum Gasteiger partial charge on any atom is -0.324 e. The van der Waals surface area contributed by atoms with Gasteiger partial charge in [0.15, 0.2) is 0 Å². The summed E-state index contributed by atoms with van der Waals surface area (Å²) in [5.41, 5.74) is 6.38. The molecule has 0 saturated carbocycles. The number of hydrogen-bond donors (Lipinski definition) is 1. The lowest BCUT2D eigenvalue weighted by molar-refractivity contribution is 0.620. The molecule has 0 aromatic heterocycles. The molecule has 4 heteroatoms. The maximum absolute atomic E-state index is 12.8. The van der Waals surface area contributed by atoms with Crippen molar-refractivity contribution in [3.63, 3.8) is 0 Å². The number of nitrogens with two attached hydrogens (primary N) is 1. The first-order chi connectivity index (χ1) is 6.15. The van der Waals surface area contributed by atoms with Gasteiger partial charge in [0, 0.05) is 11.1 Å². The Morgan fingerprint density at radius 3 is 2.79 bits per heavy atom. The number of halogens is 3. The second kappa shape index (κ2) is 6.02. The summed E-state index contributed by atoms with van der Waals surface area (Å²) in [4.78, 5) is 0. The zero-order valence-corrected chi connectivity index (χ0v) is 9.11. The first kappa shape index (κ1) is 13.4. The molecule has 0 fully saturated rings. The van der Waals surface area contributed by atoms with Crippen molar-refractivity contribution in [3.05, 3.63) is 47.3 Å². The first-order valence-electron chi connectivity index (χ1n) is 3.96. The summed E-state index contributed by atoms with van der Waals surface area (Å²) < 4.78 is 12.8. The normalized spacial score (nSPS) is 11.6. The van der Waals surface area contributed by atoms with Crippen molar-refractivity contribution >= 4 is 24.0 Å². The summed E-state index contributed by atoms with van der Waals surface area (Å²) in [6, 6.07) is 3.90. The van der Waals surface area contributed by atoms with Gasteiger partial charge in [-0.1, -0.05) is 17.7 Å². The van der Waals surface area contributed by atoms with Crippen LogP contribution in [-0.4, -0.2) is 0 Å². The van der Waals surface area contributed by atoms with E-state index in [-0.39, 0.29) is 24.3 Å². The largest absolute Gasteiger partial charge is 0.324 e. The Hall–Kier alpha value is -0.570. The van der Waals surface area contributed by atoms with Crippen LogP contribution in [0, 0.1) is 5.82 Å². The summed E-state index contributed by atoms with van der Waals surface area (Å²) in [7, 11) is 0. The molecule has 2 N–H and O–H groups in total. The lowest BCUT2D eigenvalue weighted by atomic mass is 10.0. The SMILES string of the molecule is C=CC[C@@H](N)c1cc(F)ccc1Cl.Cl. The molecule has 0 saturated heterocycles. The lowest BCUT2D eigenvalue weighted by Gasteiger charge is -2.11. The Kier molecular flexibility index (Phi) is 5.77. The summed E-state index contributed by atoms with van der Waals surface area (Å²) in [6.45, 7) is 3.56. The van der Waals surface area contributed by atoms with Gasteiger partial charge < -0.3 is 5.73 Å². The average Bonchev–Trinajstić information content (AvgIpc) is 2.09. The van der Waals surface area contributed by atoms with Crippen molar-refractivity contribution in [2.24, 2.45) is 5.73 Å². The highest BCUT2D eigenvalue weighted by Gasteiger charge is 2.09. The second-order valence-electron chi connectivity index (χ2n) is 2.80. The van der Waals surface area contributed by atoms with Crippen LogP contribution < -0.4 is 5.73 Å². The van der Waals surface area contributed by atoms with E-state index in [0.29, 0.717) is 17.0 Å². The fourth-order valence-corrected chi connectivity index (χ4v) is 1.36. The Morgan fingerprint density at radius 1 is 1.57 bits per heavy atom. The molecule has 1 aromatic carbocycles. The lowest BCUT2D eigenvalue weighted by Crippen LogP contribution is -2.09. The molecule has 1 rings (SSSR count). The summed E-state index contributed by atoms with van der Waals surface area (Å²) >= 11 is 5.85. The van der Waals surface area contributed by atoms with Gasteiger partial charge in [-0.15, -0.1) is 19.0 Å². The fourth-order valence-electron chi connectivity index (χ4n) is 1.11. The molecule has 0 aliphatic carbocycles. The van der Waals surface area contributed by atoms with E-state index >= 15 is 0 Å². The van der Waals surface area contributed by atoms with E-state index in [0.717, 1.165) is 0 Å². The van der Waals surface area contributed by atoms with Crippen molar-refractivity contribution in [1.29, 1.82) is 0 Å². The second-order valence-corrected chi connectivity index (χ2v) is 3.20. The third-order valence-corrected chi connectivity index (χ3v) is 2.12. The number of rotatable bonds is 3. The molecule has 1 atom stereocenters. The Bertz CT molecular complexity index is 315. The Balaban J connectivity index is 0.00000169. The third kappa shape index (κ3) is 3.29. The molecule has 0 bridgehead atoms. The molecule has 0 heterocycles.